The normalized spacial score (nSPS) is 12.7. The van der Waals surface area contributed by atoms with E-state index in [9.17, 15) is 0 Å². The zero-order valence-corrected chi connectivity index (χ0v) is 11.2. The molecule has 0 saturated carbocycles. The Bertz CT molecular complexity index is 688. The van der Waals surface area contributed by atoms with Gasteiger partial charge in [-0.15, -0.1) is 0 Å². The number of hydrogen-bond acceptors (Lipinski definition) is 1. The van der Waals surface area contributed by atoms with Gasteiger partial charge in [0.15, 0.2) is 0 Å². The maximum Gasteiger partial charge on any atom is 0.0775 e. The zero-order valence-electron chi connectivity index (χ0n) is 10.5. The van der Waals surface area contributed by atoms with E-state index in [1.807, 2.05) is 47.3 Å². The predicted molar refractivity (Wildman–Crippen MR) is 79.3 cm³/mol. The van der Waals surface area contributed by atoms with Crippen molar-refractivity contribution >= 4 is 22.5 Å². The van der Waals surface area contributed by atoms with Crippen LogP contribution in [0, 0.1) is 6.92 Å². The molecular formula is C16H14ClN2. The molecule has 0 aliphatic rings. The lowest BCUT2D eigenvalue weighted by Crippen LogP contribution is -2.11. The molecule has 0 bridgehead atoms. The Labute approximate surface area is 117 Å². The maximum atomic E-state index is 6.08. The molecule has 3 heteroatoms. The SMILES string of the molecule is [CH2]CC(c1ccccc1)n1ncc2ccc(Cl)cc21. The molecule has 0 N–H and O–H groups in total. The largest absolute Gasteiger partial charge is 0.257 e. The lowest BCUT2D eigenvalue weighted by Gasteiger charge is -2.17. The van der Waals surface area contributed by atoms with Crippen LogP contribution < -0.4 is 0 Å². The molecule has 2 nitrogen and oxygen atoms in total. The second-order valence-electron chi connectivity index (χ2n) is 4.51. The van der Waals surface area contributed by atoms with E-state index in [2.05, 4.69) is 24.2 Å². The highest BCUT2D eigenvalue weighted by Crippen LogP contribution is 2.27. The first kappa shape index (κ1) is 12.2. The molecule has 19 heavy (non-hydrogen) atoms. The Kier molecular flexibility index (Phi) is 3.26. The van der Waals surface area contributed by atoms with Gasteiger partial charge >= 0.3 is 0 Å². The number of fused-ring (bicyclic) bond motifs is 1. The van der Waals surface area contributed by atoms with Gasteiger partial charge in [-0.3, -0.25) is 4.68 Å². The molecule has 0 aliphatic heterocycles. The van der Waals surface area contributed by atoms with Gasteiger partial charge in [-0.05, 0) is 30.2 Å². The van der Waals surface area contributed by atoms with Crippen LogP contribution in [0.25, 0.3) is 10.9 Å². The predicted octanol–water partition coefficient (Wildman–Crippen LogP) is 4.50. The van der Waals surface area contributed by atoms with Crippen LogP contribution in [0.3, 0.4) is 0 Å². The second kappa shape index (κ2) is 5.06. The van der Waals surface area contributed by atoms with Crippen molar-refractivity contribution in [1.29, 1.82) is 0 Å². The third kappa shape index (κ3) is 2.24. The van der Waals surface area contributed by atoms with E-state index in [-0.39, 0.29) is 6.04 Å². The van der Waals surface area contributed by atoms with Crippen molar-refractivity contribution in [2.24, 2.45) is 0 Å². The summed E-state index contributed by atoms with van der Waals surface area (Å²) in [5.41, 5.74) is 2.26. The van der Waals surface area contributed by atoms with Crippen molar-refractivity contribution in [3.05, 3.63) is 72.2 Å². The monoisotopic (exact) mass is 269 g/mol. The van der Waals surface area contributed by atoms with Crippen molar-refractivity contribution in [1.82, 2.24) is 9.78 Å². The topological polar surface area (TPSA) is 17.8 Å². The fraction of sp³-hybridized carbons (Fsp3) is 0.125. The van der Waals surface area contributed by atoms with E-state index in [1.165, 1.54) is 5.56 Å². The van der Waals surface area contributed by atoms with E-state index >= 15 is 0 Å². The minimum absolute atomic E-state index is 0.136. The molecule has 2 aromatic carbocycles. The van der Waals surface area contributed by atoms with Gasteiger partial charge in [0.05, 0.1) is 17.8 Å². The van der Waals surface area contributed by atoms with Crippen LogP contribution in [0.5, 0.6) is 0 Å². The third-order valence-electron chi connectivity index (χ3n) is 3.31. The highest BCUT2D eigenvalue weighted by molar-refractivity contribution is 6.31. The Morgan fingerprint density at radius 1 is 1.16 bits per heavy atom. The average Bonchev–Trinajstić information content (AvgIpc) is 2.84. The van der Waals surface area contributed by atoms with Gasteiger partial charge in [0.25, 0.3) is 0 Å². The summed E-state index contributed by atoms with van der Waals surface area (Å²) < 4.78 is 2.00. The highest BCUT2D eigenvalue weighted by Gasteiger charge is 2.14. The number of aromatic nitrogens is 2. The molecule has 0 saturated heterocycles. The highest BCUT2D eigenvalue weighted by atomic mass is 35.5. The van der Waals surface area contributed by atoms with Gasteiger partial charge in [-0.2, -0.15) is 5.10 Å². The van der Waals surface area contributed by atoms with E-state index in [4.69, 9.17) is 11.6 Å². The Hall–Kier alpha value is -1.80. The standard InChI is InChI=1S/C16H14ClN2/c1-2-15(12-6-4-3-5-7-12)19-16-10-14(17)9-8-13(16)11-18-19/h3-11,15H,1-2H2. The van der Waals surface area contributed by atoms with Crippen molar-refractivity contribution in [3.63, 3.8) is 0 Å². The Morgan fingerprint density at radius 3 is 2.68 bits per heavy atom. The fourth-order valence-corrected chi connectivity index (χ4v) is 2.53. The first-order valence-corrected chi connectivity index (χ1v) is 6.64. The molecule has 1 unspecified atom stereocenters. The van der Waals surface area contributed by atoms with Crippen molar-refractivity contribution in [2.75, 3.05) is 0 Å². The number of benzene rings is 2. The van der Waals surface area contributed by atoms with Crippen LogP contribution >= 0.6 is 11.6 Å². The third-order valence-corrected chi connectivity index (χ3v) is 3.55. The van der Waals surface area contributed by atoms with E-state index < -0.39 is 0 Å². The Balaban J connectivity index is 2.14. The van der Waals surface area contributed by atoms with Crippen molar-refractivity contribution < 1.29 is 0 Å². The van der Waals surface area contributed by atoms with Gasteiger partial charge in [0.2, 0.25) is 0 Å². The quantitative estimate of drug-likeness (QED) is 0.684. The molecule has 0 fully saturated rings. The molecule has 95 valence electrons. The van der Waals surface area contributed by atoms with Crippen molar-refractivity contribution in [2.45, 2.75) is 12.5 Å². The summed E-state index contributed by atoms with van der Waals surface area (Å²) in [4.78, 5) is 0. The number of hydrogen-bond donors (Lipinski definition) is 0. The molecule has 3 rings (SSSR count). The average molecular weight is 270 g/mol. The summed E-state index contributed by atoms with van der Waals surface area (Å²) in [6.07, 6.45) is 2.62. The van der Waals surface area contributed by atoms with Gasteiger partial charge in [-0.25, -0.2) is 0 Å². The van der Waals surface area contributed by atoms with Gasteiger partial charge in [-0.1, -0.05) is 48.9 Å². The summed E-state index contributed by atoms with van der Waals surface area (Å²) in [7, 11) is 0. The number of nitrogens with zero attached hydrogens (tertiary/aromatic N) is 2. The molecule has 1 radical (unpaired) electrons. The van der Waals surface area contributed by atoms with Crippen LogP contribution in [-0.4, -0.2) is 9.78 Å². The van der Waals surface area contributed by atoms with Crippen molar-refractivity contribution in [3.8, 4) is 0 Å². The maximum absolute atomic E-state index is 6.08. The summed E-state index contributed by atoms with van der Waals surface area (Å²) in [6, 6.07) is 16.3. The van der Waals surface area contributed by atoms with Crippen LogP contribution in [0.1, 0.15) is 18.0 Å². The molecule has 0 spiro atoms. The van der Waals surface area contributed by atoms with E-state index in [1.54, 1.807) is 0 Å². The molecule has 0 aliphatic carbocycles. The summed E-state index contributed by atoms with van der Waals surface area (Å²) in [5.74, 6) is 0. The first-order chi connectivity index (χ1) is 9.29. The lowest BCUT2D eigenvalue weighted by molar-refractivity contribution is 0.544. The van der Waals surface area contributed by atoms with Crippen LogP contribution in [0.4, 0.5) is 0 Å². The van der Waals surface area contributed by atoms with Gasteiger partial charge in [0, 0.05) is 10.4 Å². The summed E-state index contributed by atoms with van der Waals surface area (Å²) in [5, 5.41) is 6.33. The zero-order chi connectivity index (χ0) is 13.2. The van der Waals surface area contributed by atoms with Crippen LogP contribution in [0.15, 0.2) is 54.7 Å². The van der Waals surface area contributed by atoms with Gasteiger partial charge < -0.3 is 0 Å². The molecule has 0 amide bonds. The first-order valence-electron chi connectivity index (χ1n) is 6.26. The van der Waals surface area contributed by atoms with Gasteiger partial charge in [0.1, 0.15) is 0 Å². The molecule has 1 aromatic heterocycles. The molecule has 1 heterocycles. The molecule has 1 atom stereocenters. The summed E-state index contributed by atoms with van der Waals surface area (Å²) >= 11 is 6.08. The lowest BCUT2D eigenvalue weighted by atomic mass is 10.0. The van der Waals surface area contributed by atoms with E-state index in [0.29, 0.717) is 0 Å². The molecular weight excluding hydrogens is 256 g/mol. The molecule has 3 aromatic rings. The fourth-order valence-electron chi connectivity index (χ4n) is 2.36. The van der Waals surface area contributed by atoms with Crippen LogP contribution in [-0.2, 0) is 0 Å². The smallest absolute Gasteiger partial charge is 0.0775 e. The van der Waals surface area contributed by atoms with Crippen LogP contribution in [0.2, 0.25) is 5.02 Å². The minimum Gasteiger partial charge on any atom is -0.257 e. The number of halogens is 1. The number of rotatable bonds is 3. The Morgan fingerprint density at radius 2 is 1.95 bits per heavy atom. The summed E-state index contributed by atoms with van der Waals surface area (Å²) in [6.45, 7) is 4.05. The second-order valence-corrected chi connectivity index (χ2v) is 4.94. The van der Waals surface area contributed by atoms with E-state index in [0.717, 1.165) is 22.3 Å². The minimum atomic E-state index is 0.136.